The van der Waals surface area contributed by atoms with E-state index in [1.165, 1.54) is 11.1 Å². The molecular weight excluding hydrogens is 342 g/mol. The summed E-state index contributed by atoms with van der Waals surface area (Å²) in [6.07, 6.45) is 2.41. The highest BCUT2D eigenvalue weighted by molar-refractivity contribution is 7.80. The molecule has 2 heterocycles. The van der Waals surface area contributed by atoms with Crippen molar-refractivity contribution in [1.82, 2.24) is 5.01 Å². The quantitative estimate of drug-likeness (QED) is 0.656. The van der Waals surface area contributed by atoms with Gasteiger partial charge < -0.3 is 9.73 Å². The standard InChI is InChI=1S/C21H19N3OS/c1-15-7-5-8-16(13-15)19-14-18(20-11-6-12-25-20)23-24(19)21(26)22-17-9-3-2-4-10-17/h2-13,19H,14H2,1H3,(H,22,26)/t19-/m1/s1. The van der Waals surface area contributed by atoms with Crippen LogP contribution in [0, 0.1) is 6.92 Å². The average molecular weight is 361 g/mol. The molecule has 0 fully saturated rings. The van der Waals surface area contributed by atoms with E-state index in [2.05, 4.69) is 36.5 Å². The zero-order valence-electron chi connectivity index (χ0n) is 14.4. The summed E-state index contributed by atoms with van der Waals surface area (Å²) in [4.78, 5) is 0. The Labute approximate surface area is 158 Å². The molecule has 0 spiro atoms. The van der Waals surface area contributed by atoms with Crippen LogP contribution < -0.4 is 5.32 Å². The second-order valence-corrected chi connectivity index (χ2v) is 6.69. The van der Waals surface area contributed by atoms with E-state index in [1.54, 1.807) is 6.26 Å². The Balaban J connectivity index is 1.65. The van der Waals surface area contributed by atoms with E-state index in [-0.39, 0.29) is 6.04 Å². The van der Waals surface area contributed by atoms with E-state index < -0.39 is 0 Å². The van der Waals surface area contributed by atoms with Gasteiger partial charge in [-0.15, -0.1) is 0 Å². The maximum atomic E-state index is 5.67. The van der Waals surface area contributed by atoms with Crippen molar-refractivity contribution >= 4 is 28.7 Å². The first-order valence-corrected chi connectivity index (χ1v) is 8.95. The summed E-state index contributed by atoms with van der Waals surface area (Å²) in [6, 6.07) is 22.2. The first-order valence-electron chi connectivity index (χ1n) is 8.54. The molecule has 0 radical (unpaired) electrons. The Morgan fingerprint density at radius 1 is 1.12 bits per heavy atom. The molecule has 1 aliphatic rings. The van der Waals surface area contributed by atoms with Gasteiger partial charge in [0, 0.05) is 12.1 Å². The van der Waals surface area contributed by atoms with Crippen LogP contribution >= 0.6 is 12.2 Å². The van der Waals surface area contributed by atoms with Gasteiger partial charge in [-0.1, -0.05) is 48.0 Å². The fourth-order valence-corrected chi connectivity index (χ4v) is 3.41. The summed E-state index contributed by atoms with van der Waals surface area (Å²) < 4.78 is 5.55. The summed E-state index contributed by atoms with van der Waals surface area (Å²) >= 11 is 5.67. The smallest absolute Gasteiger partial charge is 0.194 e. The molecule has 130 valence electrons. The number of furan rings is 1. The number of hydrogen-bond donors (Lipinski definition) is 1. The molecule has 3 aromatic rings. The van der Waals surface area contributed by atoms with Crippen molar-refractivity contribution < 1.29 is 4.42 Å². The largest absolute Gasteiger partial charge is 0.463 e. The molecule has 0 amide bonds. The highest BCUT2D eigenvalue weighted by Gasteiger charge is 2.32. The molecule has 1 atom stereocenters. The van der Waals surface area contributed by atoms with Crippen LogP contribution in [0.5, 0.6) is 0 Å². The van der Waals surface area contributed by atoms with Crippen molar-refractivity contribution in [2.45, 2.75) is 19.4 Å². The molecule has 0 aliphatic carbocycles. The molecular formula is C21H19N3OS. The number of aryl methyl sites for hydroxylation is 1. The lowest BCUT2D eigenvalue weighted by Crippen LogP contribution is -2.31. The molecule has 4 nitrogen and oxygen atoms in total. The van der Waals surface area contributed by atoms with Gasteiger partial charge >= 0.3 is 0 Å². The van der Waals surface area contributed by atoms with E-state index in [0.29, 0.717) is 5.11 Å². The number of hydrazone groups is 1. The van der Waals surface area contributed by atoms with Crippen LogP contribution in [0.1, 0.15) is 29.3 Å². The maximum Gasteiger partial charge on any atom is 0.194 e. The first-order chi connectivity index (χ1) is 12.7. The molecule has 0 saturated carbocycles. The lowest BCUT2D eigenvalue weighted by atomic mass is 9.99. The molecule has 1 aromatic heterocycles. The van der Waals surface area contributed by atoms with Crippen LogP contribution in [0.3, 0.4) is 0 Å². The topological polar surface area (TPSA) is 40.8 Å². The van der Waals surface area contributed by atoms with Crippen molar-refractivity contribution in [2.75, 3.05) is 5.32 Å². The number of nitrogens with one attached hydrogen (secondary N) is 1. The first kappa shape index (κ1) is 16.5. The summed E-state index contributed by atoms with van der Waals surface area (Å²) in [5, 5.41) is 10.5. The van der Waals surface area contributed by atoms with Crippen LogP contribution in [-0.2, 0) is 0 Å². The number of hydrogen-bond acceptors (Lipinski definition) is 3. The number of thiocarbonyl (C=S) groups is 1. The molecule has 5 heteroatoms. The van der Waals surface area contributed by atoms with Gasteiger partial charge in [0.05, 0.1) is 12.3 Å². The maximum absolute atomic E-state index is 5.67. The summed E-state index contributed by atoms with van der Waals surface area (Å²) in [5.41, 5.74) is 4.25. The van der Waals surface area contributed by atoms with E-state index in [4.69, 9.17) is 21.7 Å². The molecule has 1 N–H and O–H groups in total. The molecule has 1 aliphatic heterocycles. The molecule has 4 rings (SSSR count). The van der Waals surface area contributed by atoms with Crippen LogP contribution in [0.25, 0.3) is 0 Å². The third-order valence-corrected chi connectivity index (χ3v) is 4.67. The van der Waals surface area contributed by atoms with Crippen molar-refractivity contribution in [3.05, 3.63) is 89.9 Å². The second-order valence-electron chi connectivity index (χ2n) is 6.30. The Morgan fingerprint density at radius 3 is 2.69 bits per heavy atom. The Kier molecular flexibility index (Phi) is 4.54. The van der Waals surface area contributed by atoms with Gasteiger partial charge in [-0.2, -0.15) is 5.10 Å². The van der Waals surface area contributed by atoms with E-state index in [9.17, 15) is 0 Å². The fraction of sp³-hybridized carbons (Fsp3) is 0.143. The Bertz CT molecular complexity index is 935. The van der Waals surface area contributed by atoms with E-state index in [0.717, 1.165) is 23.6 Å². The van der Waals surface area contributed by atoms with Gasteiger partial charge in [-0.05, 0) is 49.0 Å². The molecule has 0 saturated heterocycles. The minimum atomic E-state index is 0.0405. The Morgan fingerprint density at radius 2 is 1.96 bits per heavy atom. The highest BCUT2D eigenvalue weighted by Crippen LogP contribution is 2.33. The van der Waals surface area contributed by atoms with Gasteiger partial charge in [0.1, 0.15) is 11.5 Å². The van der Waals surface area contributed by atoms with Gasteiger partial charge in [-0.25, -0.2) is 5.01 Å². The lowest BCUT2D eigenvalue weighted by molar-refractivity contribution is 0.375. The molecule has 26 heavy (non-hydrogen) atoms. The predicted molar refractivity (Wildman–Crippen MR) is 108 cm³/mol. The zero-order chi connectivity index (χ0) is 17.9. The number of para-hydroxylation sites is 1. The normalized spacial score (nSPS) is 16.4. The summed E-state index contributed by atoms with van der Waals surface area (Å²) in [7, 11) is 0. The third kappa shape index (κ3) is 3.39. The summed E-state index contributed by atoms with van der Waals surface area (Å²) in [6.45, 7) is 2.09. The van der Waals surface area contributed by atoms with Crippen molar-refractivity contribution in [3.63, 3.8) is 0 Å². The average Bonchev–Trinajstić information content (AvgIpc) is 3.32. The molecule has 0 unspecified atom stereocenters. The van der Waals surface area contributed by atoms with Crippen molar-refractivity contribution in [3.8, 4) is 0 Å². The van der Waals surface area contributed by atoms with Crippen molar-refractivity contribution in [1.29, 1.82) is 0 Å². The third-order valence-electron chi connectivity index (χ3n) is 4.38. The van der Waals surface area contributed by atoms with Gasteiger partial charge in [0.25, 0.3) is 0 Å². The minimum absolute atomic E-state index is 0.0405. The molecule has 2 aromatic carbocycles. The van der Waals surface area contributed by atoms with Crippen LogP contribution in [-0.4, -0.2) is 15.8 Å². The van der Waals surface area contributed by atoms with E-state index in [1.807, 2.05) is 47.5 Å². The minimum Gasteiger partial charge on any atom is -0.463 e. The SMILES string of the molecule is Cc1cccc([C@H]2CC(c3ccco3)=NN2C(=S)Nc2ccccc2)c1. The number of anilines is 1. The lowest BCUT2D eigenvalue weighted by Gasteiger charge is -2.25. The summed E-state index contributed by atoms with van der Waals surface area (Å²) in [5.74, 6) is 0.785. The predicted octanol–water partition coefficient (Wildman–Crippen LogP) is 5.14. The van der Waals surface area contributed by atoms with Gasteiger partial charge in [-0.3, -0.25) is 0 Å². The van der Waals surface area contributed by atoms with Crippen molar-refractivity contribution in [2.24, 2.45) is 5.10 Å². The second kappa shape index (κ2) is 7.14. The number of nitrogens with zero attached hydrogens (tertiary/aromatic N) is 2. The van der Waals surface area contributed by atoms with Crippen LogP contribution in [0.15, 0.2) is 82.5 Å². The van der Waals surface area contributed by atoms with Gasteiger partial charge in [0.2, 0.25) is 0 Å². The van der Waals surface area contributed by atoms with Gasteiger partial charge in [0.15, 0.2) is 5.11 Å². The van der Waals surface area contributed by atoms with E-state index >= 15 is 0 Å². The Hall–Kier alpha value is -2.92. The molecule has 0 bridgehead atoms. The number of benzene rings is 2. The number of rotatable bonds is 3. The highest BCUT2D eigenvalue weighted by atomic mass is 32.1. The zero-order valence-corrected chi connectivity index (χ0v) is 15.2. The van der Waals surface area contributed by atoms with Crippen LogP contribution in [0.2, 0.25) is 0 Å². The monoisotopic (exact) mass is 361 g/mol. The fourth-order valence-electron chi connectivity index (χ4n) is 3.13. The van der Waals surface area contributed by atoms with Crippen LogP contribution in [0.4, 0.5) is 5.69 Å².